The number of nitro groups is 1. The first-order valence-corrected chi connectivity index (χ1v) is 4.53. The highest BCUT2D eigenvalue weighted by atomic mass is 16.6. The van der Waals surface area contributed by atoms with Crippen LogP contribution in [-0.4, -0.2) is 17.9 Å². The van der Waals surface area contributed by atoms with Gasteiger partial charge in [-0.25, -0.2) is 0 Å². The second-order valence-electron chi connectivity index (χ2n) is 3.12. The Morgan fingerprint density at radius 1 is 1.59 bits per heavy atom. The predicted octanol–water partition coefficient (Wildman–Crippen LogP) is 1.43. The number of hydrogen-bond donors (Lipinski definition) is 1. The summed E-state index contributed by atoms with van der Waals surface area (Å²) in [6.45, 7) is 1.22. The van der Waals surface area contributed by atoms with Crippen molar-refractivity contribution in [3.8, 4) is 11.8 Å². The Morgan fingerprint density at radius 3 is 2.65 bits per heavy atom. The topological polar surface area (TPSA) is 105 Å². The van der Waals surface area contributed by atoms with Crippen LogP contribution in [0, 0.1) is 21.4 Å². The molecule has 0 fully saturated rings. The van der Waals surface area contributed by atoms with E-state index in [9.17, 15) is 14.9 Å². The monoisotopic (exact) mass is 235 g/mol. The summed E-state index contributed by atoms with van der Waals surface area (Å²) in [6, 6.07) is 4.18. The molecule has 0 atom stereocenters. The average molecular weight is 235 g/mol. The molecule has 0 heterocycles. The maximum atomic E-state index is 11.0. The van der Waals surface area contributed by atoms with Gasteiger partial charge in [0.25, 0.3) is 5.69 Å². The maximum absolute atomic E-state index is 11.0. The lowest BCUT2D eigenvalue weighted by Crippen LogP contribution is -2.09. The van der Waals surface area contributed by atoms with Gasteiger partial charge in [0.15, 0.2) is 11.4 Å². The van der Waals surface area contributed by atoms with Crippen LogP contribution in [0.5, 0.6) is 5.75 Å². The molecule has 0 aliphatic heterocycles. The van der Waals surface area contributed by atoms with Gasteiger partial charge in [-0.1, -0.05) is 0 Å². The minimum atomic E-state index is -0.686. The summed E-state index contributed by atoms with van der Waals surface area (Å²) < 4.78 is 4.91. The highest BCUT2D eigenvalue weighted by molar-refractivity contribution is 5.93. The largest absolute Gasteiger partial charge is 0.494 e. The van der Waals surface area contributed by atoms with Crippen molar-refractivity contribution in [2.75, 3.05) is 12.4 Å². The van der Waals surface area contributed by atoms with Crippen LogP contribution in [-0.2, 0) is 4.79 Å². The van der Waals surface area contributed by atoms with Crippen molar-refractivity contribution >= 4 is 17.3 Å². The van der Waals surface area contributed by atoms with Gasteiger partial charge in [-0.15, -0.1) is 0 Å². The van der Waals surface area contributed by atoms with Crippen LogP contribution < -0.4 is 10.1 Å². The number of amides is 1. The summed E-state index contributed by atoms with van der Waals surface area (Å²) in [6.07, 6.45) is 0. The standard InChI is InChI=1S/C10H9N3O4/c1-6(14)12-10-8(13(15)16)3-7(5-11)4-9(10)17-2/h3-4H,1-2H3,(H,12,14). The molecular weight excluding hydrogens is 226 g/mol. The fourth-order valence-corrected chi connectivity index (χ4v) is 1.27. The van der Waals surface area contributed by atoms with Gasteiger partial charge < -0.3 is 10.1 Å². The third-order valence-electron chi connectivity index (χ3n) is 1.93. The summed E-state index contributed by atoms with van der Waals surface area (Å²) in [4.78, 5) is 21.1. The number of nitrogens with one attached hydrogen (secondary N) is 1. The van der Waals surface area contributed by atoms with Gasteiger partial charge in [-0.3, -0.25) is 14.9 Å². The molecule has 1 aromatic carbocycles. The first-order valence-electron chi connectivity index (χ1n) is 4.53. The van der Waals surface area contributed by atoms with Crippen LogP contribution in [0.3, 0.4) is 0 Å². The smallest absolute Gasteiger partial charge is 0.297 e. The highest BCUT2D eigenvalue weighted by Crippen LogP contribution is 2.35. The number of rotatable bonds is 3. The molecule has 0 radical (unpaired) electrons. The van der Waals surface area contributed by atoms with Gasteiger partial charge in [-0.05, 0) is 0 Å². The lowest BCUT2D eigenvalue weighted by atomic mass is 10.1. The number of ether oxygens (including phenoxy) is 1. The van der Waals surface area contributed by atoms with Crippen LogP contribution in [0.2, 0.25) is 0 Å². The highest BCUT2D eigenvalue weighted by Gasteiger charge is 2.21. The lowest BCUT2D eigenvalue weighted by Gasteiger charge is -2.09. The molecule has 17 heavy (non-hydrogen) atoms. The minimum Gasteiger partial charge on any atom is -0.494 e. The number of nitro benzene ring substituents is 1. The van der Waals surface area contributed by atoms with Crippen LogP contribution in [0.1, 0.15) is 12.5 Å². The first-order chi connectivity index (χ1) is 7.99. The number of anilines is 1. The van der Waals surface area contributed by atoms with Crippen molar-refractivity contribution in [3.63, 3.8) is 0 Å². The zero-order chi connectivity index (χ0) is 13.0. The molecule has 1 amide bonds. The summed E-state index contributed by atoms with van der Waals surface area (Å²) in [7, 11) is 1.30. The Morgan fingerprint density at radius 2 is 2.24 bits per heavy atom. The van der Waals surface area contributed by atoms with Gasteiger partial charge >= 0.3 is 0 Å². The van der Waals surface area contributed by atoms with Gasteiger partial charge in [0.1, 0.15) is 0 Å². The van der Waals surface area contributed by atoms with E-state index >= 15 is 0 Å². The third kappa shape index (κ3) is 2.69. The summed E-state index contributed by atoms with van der Waals surface area (Å²) in [5.41, 5.74) is -0.345. The molecule has 0 aliphatic carbocycles. The molecule has 0 saturated carbocycles. The van der Waals surface area contributed by atoms with E-state index in [1.807, 2.05) is 0 Å². The van der Waals surface area contributed by atoms with E-state index in [1.165, 1.54) is 20.1 Å². The molecular formula is C10H9N3O4. The molecule has 88 valence electrons. The van der Waals surface area contributed by atoms with E-state index in [-0.39, 0.29) is 22.7 Å². The fraction of sp³-hybridized carbons (Fsp3) is 0.200. The maximum Gasteiger partial charge on any atom is 0.297 e. The van der Waals surface area contributed by atoms with Crippen molar-refractivity contribution in [2.45, 2.75) is 6.92 Å². The molecule has 7 nitrogen and oxygen atoms in total. The van der Waals surface area contributed by atoms with Crippen molar-refractivity contribution in [2.24, 2.45) is 0 Å². The molecule has 1 aromatic rings. The normalized spacial score (nSPS) is 9.24. The Kier molecular flexibility index (Phi) is 3.62. The number of carbonyl (C=O) groups excluding carboxylic acids is 1. The third-order valence-corrected chi connectivity index (χ3v) is 1.93. The van der Waals surface area contributed by atoms with Gasteiger partial charge in [0, 0.05) is 19.1 Å². The van der Waals surface area contributed by atoms with E-state index < -0.39 is 10.8 Å². The molecule has 0 aromatic heterocycles. The zero-order valence-corrected chi connectivity index (χ0v) is 9.18. The van der Waals surface area contributed by atoms with Gasteiger partial charge in [0.05, 0.1) is 23.7 Å². The molecule has 7 heteroatoms. The molecule has 0 unspecified atom stereocenters. The lowest BCUT2D eigenvalue weighted by molar-refractivity contribution is -0.384. The number of nitrogens with zero attached hydrogens (tertiary/aromatic N) is 2. The second kappa shape index (κ2) is 4.94. The Bertz CT molecular complexity index is 519. The van der Waals surface area contributed by atoms with E-state index in [0.29, 0.717) is 0 Å². The second-order valence-corrected chi connectivity index (χ2v) is 3.12. The number of benzene rings is 1. The van der Waals surface area contributed by atoms with Gasteiger partial charge in [-0.2, -0.15) is 5.26 Å². The SMILES string of the molecule is COc1cc(C#N)cc([N+](=O)[O-])c1NC(C)=O. The Hall–Kier alpha value is -2.62. The van der Waals surface area contributed by atoms with Crippen LogP contribution >= 0.6 is 0 Å². The predicted molar refractivity (Wildman–Crippen MR) is 58.7 cm³/mol. The summed E-state index contributed by atoms with van der Waals surface area (Å²) in [5.74, 6) is -0.387. The van der Waals surface area contributed by atoms with Crippen LogP contribution in [0.25, 0.3) is 0 Å². The Balaban J connectivity index is 3.47. The minimum absolute atomic E-state index is 0.0519. The quantitative estimate of drug-likeness (QED) is 0.630. The van der Waals surface area contributed by atoms with Gasteiger partial charge in [0.2, 0.25) is 5.91 Å². The van der Waals surface area contributed by atoms with E-state index in [0.717, 1.165) is 6.07 Å². The molecule has 1 rings (SSSR count). The van der Waals surface area contributed by atoms with Crippen molar-refractivity contribution in [1.29, 1.82) is 5.26 Å². The first kappa shape index (κ1) is 12.4. The molecule has 0 aliphatic rings. The number of methoxy groups -OCH3 is 1. The summed E-state index contributed by atoms with van der Waals surface area (Å²) >= 11 is 0. The molecule has 0 bridgehead atoms. The number of nitriles is 1. The van der Waals surface area contributed by atoms with Crippen LogP contribution in [0.15, 0.2) is 12.1 Å². The van der Waals surface area contributed by atoms with E-state index in [2.05, 4.69) is 5.32 Å². The Labute approximate surface area is 96.8 Å². The zero-order valence-electron chi connectivity index (χ0n) is 9.18. The number of hydrogen-bond acceptors (Lipinski definition) is 5. The van der Waals surface area contributed by atoms with E-state index in [4.69, 9.17) is 10.00 Å². The molecule has 0 spiro atoms. The average Bonchev–Trinajstić information content (AvgIpc) is 2.28. The van der Waals surface area contributed by atoms with Crippen molar-refractivity contribution in [3.05, 3.63) is 27.8 Å². The molecule has 0 saturated heterocycles. The fourth-order valence-electron chi connectivity index (χ4n) is 1.27. The van der Waals surface area contributed by atoms with Crippen LogP contribution in [0.4, 0.5) is 11.4 Å². The molecule has 1 N–H and O–H groups in total. The summed E-state index contributed by atoms with van der Waals surface area (Å²) in [5, 5.41) is 21.9. The van der Waals surface area contributed by atoms with E-state index in [1.54, 1.807) is 6.07 Å². The number of carbonyl (C=O) groups is 1. The van der Waals surface area contributed by atoms with Crippen molar-refractivity contribution < 1.29 is 14.5 Å². The van der Waals surface area contributed by atoms with Crippen molar-refractivity contribution in [1.82, 2.24) is 0 Å².